The molecule has 4 aromatic rings. The van der Waals surface area contributed by atoms with E-state index >= 15 is 0 Å². The zero-order valence-corrected chi connectivity index (χ0v) is 20.6. The zero-order valence-electron chi connectivity index (χ0n) is 20.6. The fourth-order valence-electron chi connectivity index (χ4n) is 5.28. The molecular formula is C29H31FN4. The number of aromatic nitrogens is 2. The van der Waals surface area contributed by atoms with Crippen LogP contribution in [0.15, 0.2) is 60.8 Å². The fraction of sp³-hybridized carbons (Fsp3) is 0.310. The van der Waals surface area contributed by atoms with Crippen LogP contribution in [0.2, 0.25) is 0 Å². The Morgan fingerprint density at radius 1 is 1.03 bits per heavy atom. The first-order valence-corrected chi connectivity index (χ1v) is 12.0. The van der Waals surface area contributed by atoms with E-state index in [1.165, 1.54) is 29.1 Å². The number of pyridine rings is 2. The van der Waals surface area contributed by atoms with Crippen LogP contribution in [0.1, 0.15) is 38.8 Å². The highest BCUT2D eigenvalue weighted by atomic mass is 19.1. The molecule has 0 radical (unpaired) electrons. The summed E-state index contributed by atoms with van der Waals surface area (Å²) in [6.07, 6.45) is 1.77. The van der Waals surface area contributed by atoms with Gasteiger partial charge in [0.25, 0.3) is 0 Å². The van der Waals surface area contributed by atoms with E-state index in [4.69, 9.17) is 4.98 Å². The van der Waals surface area contributed by atoms with Gasteiger partial charge in [-0.05, 0) is 62.7 Å². The monoisotopic (exact) mass is 454 g/mol. The molecule has 174 valence electrons. The SMILES string of the molecule is CCN(CC)c1ccc2c(c1)N(c1c(C)c(-c3ccccn3)nc3cc(F)ccc13)CC2(C)C. The highest BCUT2D eigenvalue weighted by Crippen LogP contribution is 2.49. The molecule has 0 saturated heterocycles. The quantitative estimate of drug-likeness (QED) is 0.324. The maximum Gasteiger partial charge on any atom is 0.125 e. The van der Waals surface area contributed by atoms with Gasteiger partial charge in [0.1, 0.15) is 5.82 Å². The molecule has 1 aliphatic rings. The predicted octanol–water partition coefficient (Wildman–Crippen LogP) is 7.02. The van der Waals surface area contributed by atoms with Crippen molar-refractivity contribution in [1.29, 1.82) is 0 Å². The Balaban J connectivity index is 1.79. The number of nitrogens with zero attached hydrogens (tertiary/aromatic N) is 4. The Morgan fingerprint density at radius 3 is 2.53 bits per heavy atom. The molecule has 5 rings (SSSR count). The predicted molar refractivity (Wildman–Crippen MR) is 140 cm³/mol. The first kappa shape index (κ1) is 22.3. The minimum absolute atomic E-state index is 0.0235. The van der Waals surface area contributed by atoms with Gasteiger partial charge in [0.2, 0.25) is 0 Å². The fourth-order valence-corrected chi connectivity index (χ4v) is 5.28. The van der Waals surface area contributed by atoms with E-state index in [9.17, 15) is 4.39 Å². The van der Waals surface area contributed by atoms with Crippen molar-refractivity contribution in [2.75, 3.05) is 29.4 Å². The van der Waals surface area contributed by atoms with Crippen LogP contribution in [-0.2, 0) is 5.41 Å². The number of anilines is 3. The molecular weight excluding hydrogens is 423 g/mol. The number of benzene rings is 2. The Morgan fingerprint density at radius 2 is 1.82 bits per heavy atom. The summed E-state index contributed by atoms with van der Waals surface area (Å²) >= 11 is 0. The summed E-state index contributed by atoms with van der Waals surface area (Å²) < 4.78 is 14.3. The van der Waals surface area contributed by atoms with Crippen LogP contribution in [-0.4, -0.2) is 29.6 Å². The number of halogens is 1. The Kier molecular flexibility index (Phi) is 5.51. The van der Waals surface area contributed by atoms with Crippen molar-refractivity contribution in [2.24, 2.45) is 0 Å². The van der Waals surface area contributed by atoms with E-state index in [1.54, 1.807) is 6.20 Å². The molecule has 0 atom stereocenters. The summed E-state index contributed by atoms with van der Waals surface area (Å²) in [5, 5.41) is 0.954. The number of fused-ring (bicyclic) bond motifs is 2. The second kappa shape index (κ2) is 8.39. The zero-order chi connectivity index (χ0) is 24.0. The maximum atomic E-state index is 14.3. The van der Waals surface area contributed by atoms with E-state index in [2.05, 4.69) is 67.6 Å². The number of rotatable bonds is 5. The van der Waals surface area contributed by atoms with E-state index in [-0.39, 0.29) is 11.2 Å². The third-order valence-electron chi connectivity index (χ3n) is 7.02. The standard InChI is InChI=1S/C29H31FN4/c1-6-33(7-2)21-12-14-23-26(17-21)34(18-29(23,4)5)28-19(3)27(24-10-8-9-15-31-24)32-25-16-20(30)11-13-22(25)28/h8-17H,6-7,18H2,1-5H3. The molecule has 0 N–H and O–H groups in total. The van der Waals surface area contributed by atoms with Gasteiger partial charge in [-0.15, -0.1) is 0 Å². The summed E-state index contributed by atoms with van der Waals surface area (Å²) in [4.78, 5) is 14.2. The van der Waals surface area contributed by atoms with Crippen LogP contribution in [0.3, 0.4) is 0 Å². The van der Waals surface area contributed by atoms with Gasteiger partial charge in [-0.1, -0.05) is 26.0 Å². The molecule has 0 unspecified atom stereocenters. The Labute approximate surface area is 201 Å². The Hall–Kier alpha value is -3.47. The lowest BCUT2D eigenvalue weighted by Crippen LogP contribution is -2.26. The number of hydrogen-bond acceptors (Lipinski definition) is 4. The highest BCUT2D eigenvalue weighted by Gasteiger charge is 2.37. The first-order chi connectivity index (χ1) is 16.3. The minimum atomic E-state index is -0.284. The first-order valence-electron chi connectivity index (χ1n) is 12.0. The van der Waals surface area contributed by atoms with Gasteiger partial charge in [0.05, 0.1) is 22.6 Å². The molecule has 0 saturated carbocycles. The largest absolute Gasteiger partial charge is 0.372 e. The molecule has 4 nitrogen and oxygen atoms in total. The summed E-state index contributed by atoms with van der Waals surface area (Å²) in [7, 11) is 0. The molecule has 0 amide bonds. The average Bonchev–Trinajstić information content (AvgIpc) is 3.10. The van der Waals surface area contributed by atoms with Crippen molar-refractivity contribution in [3.8, 4) is 11.4 Å². The lowest BCUT2D eigenvalue weighted by atomic mass is 9.87. The molecule has 3 heterocycles. The third-order valence-corrected chi connectivity index (χ3v) is 7.02. The summed E-state index contributed by atoms with van der Waals surface area (Å²) in [5.41, 5.74) is 8.10. The van der Waals surface area contributed by atoms with E-state index in [1.807, 2.05) is 24.3 Å². The highest BCUT2D eigenvalue weighted by molar-refractivity contribution is 5.99. The van der Waals surface area contributed by atoms with Crippen molar-refractivity contribution in [3.05, 3.63) is 77.7 Å². The van der Waals surface area contributed by atoms with Crippen LogP contribution < -0.4 is 9.80 Å². The van der Waals surface area contributed by atoms with Gasteiger partial charge >= 0.3 is 0 Å². The second-order valence-corrected chi connectivity index (χ2v) is 9.65. The lowest BCUT2D eigenvalue weighted by molar-refractivity contribution is 0.569. The van der Waals surface area contributed by atoms with Crippen LogP contribution in [0.4, 0.5) is 21.5 Å². The third kappa shape index (κ3) is 3.60. The van der Waals surface area contributed by atoms with Gasteiger partial charge in [-0.3, -0.25) is 4.98 Å². The van der Waals surface area contributed by atoms with Gasteiger partial charge < -0.3 is 9.80 Å². The molecule has 5 heteroatoms. The molecule has 0 aliphatic carbocycles. The van der Waals surface area contributed by atoms with Crippen molar-refractivity contribution in [2.45, 2.75) is 40.0 Å². The van der Waals surface area contributed by atoms with Crippen LogP contribution in [0, 0.1) is 12.7 Å². The van der Waals surface area contributed by atoms with Gasteiger partial charge in [-0.25, -0.2) is 9.37 Å². The van der Waals surface area contributed by atoms with Crippen LogP contribution >= 0.6 is 0 Å². The normalized spacial score (nSPS) is 14.5. The molecule has 1 aliphatic heterocycles. The van der Waals surface area contributed by atoms with Crippen molar-refractivity contribution in [1.82, 2.24) is 9.97 Å². The topological polar surface area (TPSA) is 32.3 Å². The van der Waals surface area contributed by atoms with E-state index in [0.29, 0.717) is 5.52 Å². The summed E-state index contributed by atoms with van der Waals surface area (Å²) in [6, 6.07) is 17.6. The second-order valence-electron chi connectivity index (χ2n) is 9.65. The van der Waals surface area contributed by atoms with E-state index < -0.39 is 0 Å². The molecule has 34 heavy (non-hydrogen) atoms. The molecule has 2 aromatic heterocycles. The average molecular weight is 455 g/mol. The van der Waals surface area contributed by atoms with Gasteiger partial charge in [-0.2, -0.15) is 0 Å². The van der Waals surface area contributed by atoms with Crippen LogP contribution in [0.25, 0.3) is 22.3 Å². The van der Waals surface area contributed by atoms with Crippen LogP contribution in [0.5, 0.6) is 0 Å². The minimum Gasteiger partial charge on any atom is -0.372 e. The van der Waals surface area contributed by atoms with E-state index in [0.717, 1.165) is 47.7 Å². The molecule has 2 aromatic carbocycles. The maximum absolute atomic E-state index is 14.3. The summed E-state index contributed by atoms with van der Waals surface area (Å²) in [5.74, 6) is -0.284. The Bertz CT molecular complexity index is 1360. The molecule has 0 bridgehead atoms. The van der Waals surface area contributed by atoms with Crippen molar-refractivity contribution < 1.29 is 4.39 Å². The van der Waals surface area contributed by atoms with Gasteiger partial charge in [0, 0.05) is 59.6 Å². The van der Waals surface area contributed by atoms with Crippen molar-refractivity contribution >= 4 is 28.0 Å². The number of hydrogen-bond donors (Lipinski definition) is 0. The molecule has 0 fully saturated rings. The summed E-state index contributed by atoms with van der Waals surface area (Å²) in [6.45, 7) is 13.8. The van der Waals surface area contributed by atoms with Crippen molar-refractivity contribution in [3.63, 3.8) is 0 Å². The molecule has 0 spiro atoms. The lowest BCUT2D eigenvalue weighted by Gasteiger charge is -2.28. The van der Waals surface area contributed by atoms with Gasteiger partial charge in [0.15, 0.2) is 0 Å². The smallest absolute Gasteiger partial charge is 0.125 e.